The highest BCUT2D eigenvalue weighted by atomic mass is 127. The van der Waals surface area contributed by atoms with Crippen molar-refractivity contribution in [2.75, 3.05) is 10.2 Å². The Morgan fingerprint density at radius 1 is 1.43 bits per heavy atom. The minimum Gasteiger partial charge on any atom is -0.478 e. The molecule has 0 amide bonds. The predicted octanol–water partition coefficient (Wildman–Crippen LogP) is 1.58. The molecule has 1 aromatic carbocycles. The Balaban J connectivity index is 3.12. The number of carbonyl (C=O) groups excluding carboxylic acids is 1. The molecule has 0 aliphatic carbocycles. The summed E-state index contributed by atoms with van der Waals surface area (Å²) in [6.07, 6.45) is 0. The lowest BCUT2D eigenvalue weighted by Crippen LogP contribution is -2.06. The Bertz CT molecular complexity index is 390. The summed E-state index contributed by atoms with van der Waals surface area (Å²) >= 11 is 1.94. The number of Topliss-reactive ketones (excluding diaryl/α,β-unsaturated/α-hetero) is 1. The van der Waals surface area contributed by atoms with Gasteiger partial charge in [0.1, 0.15) is 0 Å². The van der Waals surface area contributed by atoms with Crippen molar-refractivity contribution in [1.82, 2.24) is 0 Å². The first-order valence-electron chi connectivity index (χ1n) is 3.78. The van der Waals surface area contributed by atoms with E-state index < -0.39 is 5.97 Å². The Hall–Kier alpha value is -1.11. The lowest BCUT2D eigenvalue weighted by atomic mass is 10.1. The van der Waals surface area contributed by atoms with Gasteiger partial charge < -0.3 is 10.8 Å². The fourth-order valence-electron chi connectivity index (χ4n) is 1.01. The van der Waals surface area contributed by atoms with E-state index in [4.69, 9.17) is 10.8 Å². The molecule has 0 saturated heterocycles. The molecule has 14 heavy (non-hydrogen) atoms. The van der Waals surface area contributed by atoms with Gasteiger partial charge in [0.15, 0.2) is 5.78 Å². The van der Waals surface area contributed by atoms with Gasteiger partial charge >= 0.3 is 5.97 Å². The Kier molecular flexibility index (Phi) is 3.45. The summed E-state index contributed by atoms with van der Waals surface area (Å²) in [5.41, 5.74) is 6.07. The van der Waals surface area contributed by atoms with Gasteiger partial charge in [0.2, 0.25) is 0 Å². The third-order valence-electron chi connectivity index (χ3n) is 1.73. The average Bonchev–Trinajstić information content (AvgIpc) is 2.15. The minimum atomic E-state index is -1.09. The van der Waals surface area contributed by atoms with Gasteiger partial charge in [-0.3, -0.25) is 4.79 Å². The van der Waals surface area contributed by atoms with Crippen molar-refractivity contribution < 1.29 is 14.7 Å². The lowest BCUT2D eigenvalue weighted by molar-refractivity contribution is 0.0697. The third-order valence-corrected chi connectivity index (χ3v) is 2.42. The van der Waals surface area contributed by atoms with E-state index in [9.17, 15) is 9.59 Å². The van der Waals surface area contributed by atoms with E-state index in [1.165, 1.54) is 18.2 Å². The first-order valence-corrected chi connectivity index (χ1v) is 5.30. The molecule has 0 fully saturated rings. The molecule has 74 valence electrons. The number of alkyl halides is 1. The molecule has 0 radical (unpaired) electrons. The second-order valence-corrected chi connectivity index (χ2v) is 3.43. The van der Waals surface area contributed by atoms with Gasteiger partial charge in [-0.25, -0.2) is 4.79 Å². The summed E-state index contributed by atoms with van der Waals surface area (Å²) in [7, 11) is 0. The monoisotopic (exact) mass is 305 g/mol. The molecule has 0 aliphatic heterocycles. The Morgan fingerprint density at radius 2 is 2.07 bits per heavy atom. The Morgan fingerprint density at radius 3 is 2.50 bits per heavy atom. The van der Waals surface area contributed by atoms with Gasteiger partial charge in [-0.05, 0) is 12.1 Å². The molecule has 4 nitrogen and oxygen atoms in total. The molecular formula is C9H8INO3. The number of carboxylic acid groups (broad SMARTS) is 1. The fraction of sp³-hybridized carbons (Fsp3) is 0.111. The molecular weight excluding hydrogens is 297 g/mol. The Labute approximate surface area is 94.2 Å². The van der Waals surface area contributed by atoms with Crippen molar-refractivity contribution >= 4 is 40.0 Å². The second-order valence-electron chi connectivity index (χ2n) is 2.66. The van der Waals surface area contributed by atoms with E-state index in [2.05, 4.69) is 0 Å². The SMILES string of the molecule is Nc1cc(C(=O)CI)ccc1C(=O)O. The van der Waals surface area contributed by atoms with Crippen LogP contribution in [0.2, 0.25) is 0 Å². The van der Waals surface area contributed by atoms with Gasteiger partial charge in [0.25, 0.3) is 0 Å². The smallest absolute Gasteiger partial charge is 0.337 e. The zero-order valence-corrected chi connectivity index (χ0v) is 9.32. The van der Waals surface area contributed by atoms with Gasteiger partial charge in [-0.15, -0.1) is 0 Å². The highest BCUT2D eigenvalue weighted by Gasteiger charge is 2.10. The minimum absolute atomic E-state index is 0.0232. The maximum absolute atomic E-state index is 11.2. The molecule has 1 rings (SSSR count). The third kappa shape index (κ3) is 2.22. The number of hydrogen-bond donors (Lipinski definition) is 2. The highest BCUT2D eigenvalue weighted by Crippen LogP contribution is 2.15. The van der Waals surface area contributed by atoms with Crippen molar-refractivity contribution in [3.8, 4) is 0 Å². The molecule has 0 aromatic heterocycles. The highest BCUT2D eigenvalue weighted by molar-refractivity contribution is 14.1. The molecule has 0 unspecified atom stereocenters. The molecule has 3 N–H and O–H groups in total. The number of carbonyl (C=O) groups is 2. The molecule has 0 aliphatic rings. The normalized spacial score (nSPS) is 9.79. The summed E-state index contributed by atoms with van der Waals surface area (Å²) in [6.45, 7) is 0. The average molecular weight is 305 g/mol. The molecule has 0 heterocycles. The van der Waals surface area contributed by atoms with Crippen molar-refractivity contribution in [2.45, 2.75) is 0 Å². The van der Waals surface area contributed by atoms with Crippen molar-refractivity contribution in [3.63, 3.8) is 0 Å². The summed E-state index contributed by atoms with van der Waals surface area (Å²) in [5, 5.41) is 8.69. The van der Waals surface area contributed by atoms with E-state index in [0.29, 0.717) is 9.99 Å². The maximum atomic E-state index is 11.2. The number of ketones is 1. The number of rotatable bonds is 3. The number of nitrogen functional groups attached to an aromatic ring is 1. The number of carboxylic acids is 1. The second kappa shape index (κ2) is 4.41. The van der Waals surface area contributed by atoms with Gasteiger partial charge in [-0.2, -0.15) is 0 Å². The summed E-state index contributed by atoms with van der Waals surface area (Å²) < 4.78 is 0.351. The van der Waals surface area contributed by atoms with Crippen LogP contribution in [0.15, 0.2) is 18.2 Å². The first kappa shape index (κ1) is 11.0. The standard InChI is InChI=1S/C9H8INO3/c10-4-8(12)5-1-2-6(9(13)14)7(11)3-5/h1-3H,4,11H2,(H,13,14). The number of aromatic carboxylic acids is 1. The lowest BCUT2D eigenvalue weighted by Gasteiger charge is -2.02. The van der Waals surface area contributed by atoms with Crippen molar-refractivity contribution in [1.29, 1.82) is 0 Å². The zero-order valence-electron chi connectivity index (χ0n) is 7.16. The molecule has 0 atom stereocenters. The van der Waals surface area contributed by atoms with Crippen LogP contribution in [0.25, 0.3) is 0 Å². The van der Waals surface area contributed by atoms with Crippen LogP contribution in [0, 0.1) is 0 Å². The van der Waals surface area contributed by atoms with Crippen LogP contribution in [0.3, 0.4) is 0 Å². The maximum Gasteiger partial charge on any atom is 0.337 e. The van der Waals surface area contributed by atoms with Gasteiger partial charge in [-0.1, -0.05) is 28.7 Å². The van der Waals surface area contributed by atoms with E-state index >= 15 is 0 Å². The molecule has 1 aromatic rings. The number of nitrogens with two attached hydrogens (primary N) is 1. The van der Waals surface area contributed by atoms with E-state index in [1.807, 2.05) is 22.6 Å². The topological polar surface area (TPSA) is 80.4 Å². The quantitative estimate of drug-likeness (QED) is 0.384. The molecule has 0 bridgehead atoms. The molecule has 0 saturated carbocycles. The first-order chi connectivity index (χ1) is 6.56. The van der Waals surface area contributed by atoms with Gasteiger partial charge in [0, 0.05) is 11.3 Å². The summed E-state index contributed by atoms with van der Waals surface area (Å²) in [5.74, 6) is -1.15. The van der Waals surface area contributed by atoms with Crippen LogP contribution in [0.4, 0.5) is 5.69 Å². The summed E-state index contributed by atoms with van der Waals surface area (Å²) in [4.78, 5) is 21.8. The number of benzene rings is 1. The van der Waals surface area contributed by atoms with Crippen molar-refractivity contribution in [2.24, 2.45) is 0 Å². The van der Waals surface area contributed by atoms with E-state index in [1.54, 1.807) is 0 Å². The van der Waals surface area contributed by atoms with E-state index in [-0.39, 0.29) is 17.0 Å². The van der Waals surface area contributed by atoms with Crippen LogP contribution >= 0.6 is 22.6 Å². The summed E-state index contributed by atoms with van der Waals surface area (Å²) in [6, 6.07) is 4.21. The molecule has 5 heteroatoms. The van der Waals surface area contributed by atoms with Crippen LogP contribution in [-0.2, 0) is 0 Å². The van der Waals surface area contributed by atoms with Crippen LogP contribution in [-0.4, -0.2) is 21.3 Å². The fourth-order valence-corrected chi connectivity index (χ4v) is 1.45. The van der Waals surface area contributed by atoms with Crippen LogP contribution < -0.4 is 5.73 Å². The van der Waals surface area contributed by atoms with Crippen LogP contribution in [0.1, 0.15) is 20.7 Å². The zero-order chi connectivity index (χ0) is 10.7. The largest absolute Gasteiger partial charge is 0.478 e. The van der Waals surface area contributed by atoms with Crippen molar-refractivity contribution in [3.05, 3.63) is 29.3 Å². The number of halogens is 1. The van der Waals surface area contributed by atoms with Gasteiger partial charge in [0.05, 0.1) is 9.99 Å². The molecule has 0 spiro atoms. The van der Waals surface area contributed by atoms with E-state index in [0.717, 1.165) is 0 Å². The number of anilines is 1. The van der Waals surface area contributed by atoms with Crippen LogP contribution in [0.5, 0.6) is 0 Å². The number of hydrogen-bond acceptors (Lipinski definition) is 3. The predicted molar refractivity (Wildman–Crippen MR) is 61.0 cm³/mol.